The highest BCUT2D eigenvalue weighted by Gasteiger charge is 2.05. The lowest BCUT2D eigenvalue weighted by atomic mass is 10.1. The molecule has 0 bridgehead atoms. The maximum Gasteiger partial charge on any atom is 0.137 e. The number of hydrogen-bond donors (Lipinski definition) is 1. The van der Waals surface area contributed by atoms with E-state index in [9.17, 15) is 0 Å². The topological polar surface area (TPSA) is 52.5 Å². The molecule has 3 aromatic rings. The molecule has 21 heavy (non-hydrogen) atoms. The minimum atomic E-state index is 0.539. The first-order valence-corrected chi connectivity index (χ1v) is 7.06. The number of aromatic nitrogens is 2. The number of ether oxygens (including phenoxy) is 1. The summed E-state index contributed by atoms with van der Waals surface area (Å²) in [6, 6.07) is 12.5. The summed E-state index contributed by atoms with van der Waals surface area (Å²) in [6.07, 6.45) is 5.00. The average molecular weight is 281 g/mol. The molecule has 0 fully saturated rings. The van der Waals surface area contributed by atoms with Crippen molar-refractivity contribution in [2.24, 2.45) is 5.73 Å². The molecule has 0 amide bonds. The van der Waals surface area contributed by atoms with Crippen LogP contribution in [0.4, 0.5) is 0 Å². The summed E-state index contributed by atoms with van der Waals surface area (Å²) in [5.74, 6) is 0. The van der Waals surface area contributed by atoms with Gasteiger partial charge in [-0.25, -0.2) is 4.98 Å². The fraction of sp³-hybridized carbons (Fsp3) is 0.235. The first-order chi connectivity index (χ1) is 10.3. The monoisotopic (exact) mass is 281 g/mol. The van der Waals surface area contributed by atoms with Crippen molar-refractivity contribution in [2.45, 2.75) is 13.0 Å². The van der Waals surface area contributed by atoms with Crippen LogP contribution in [0.1, 0.15) is 11.1 Å². The van der Waals surface area contributed by atoms with Crippen LogP contribution in [0.15, 0.2) is 48.8 Å². The van der Waals surface area contributed by atoms with Gasteiger partial charge in [0.15, 0.2) is 0 Å². The Balaban J connectivity index is 1.89. The van der Waals surface area contributed by atoms with E-state index in [2.05, 4.69) is 29.2 Å². The molecule has 4 nitrogen and oxygen atoms in total. The van der Waals surface area contributed by atoms with E-state index in [-0.39, 0.29) is 0 Å². The highest BCUT2D eigenvalue weighted by Crippen LogP contribution is 2.20. The Morgan fingerprint density at radius 1 is 1.05 bits per heavy atom. The number of nitrogens with two attached hydrogens (primary N) is 1. The quantitative estimate of drug-likeness (QED) is 0.782. The fourth-order valence-corrected chi connectivity index (χ4v) is 2.36. The third-order valence-electron chi connectivity index (χ3n) is 3.59. The van der Waals surface area contributed by atoms with E-state index in [0.29, 0.717) is 6.54 Å². The van der Waals surface area contributed by atoms with Crippen LogP contribution >= 0.6 is 0 Å². The molecular formula is C17H19N3O. The van der Waals surface area contributed by atoms with Crippen molar-refractivity contribution < 1.29 is 4.74 Å². The molecule has 4 heteroatoms. The van der Waals surface area contributed by atoms with E-state index in [1.54, 1.807) is 7.11 Å². The van der Waals surface area contributed by atoms with Crippen molar-refractivity contribution in [2.75, 3.05) is 13.7 Å². The summed E-state index contributed by atoms with van der Waals surface area (Å²) in [7, 11) is 1.72. The molecule has 1 aromatic carbocycles. The van der Waals surface area contributed by atoms with Gasteiger partial charge in [-0.3, -0.25) is 0 Å². The number of nitrogens with zero attached hydrogens (tertiary/aromatic N) is 2. The standard InChI is InChI=1S/C17H19N3O/c1-21-9-8-13-2-5-15(6-3-13)16-12-20-11-14(10-18)4-7-17(20)19-16/h2-7,11-12H,8-10,18H2,1H3. The third-order valence-corrected chi connectivity index (χ3v) is 3.59. The van der Waals surface area contributed by atoms with Crippen LogP contribution in [0.5, 0.6) is 0 Å². The largest absolute Gasteiger partial charge is 0.384 e. The lowest BCUT2D eigenvalue weighted by molar-refractivity contribution is 0.202. The molecule has 0 saturated heterocycles. The second-order valence-electron chi connectivity index (χ2n) is 5.07. The van der Waals surface area contributed by atoms with E-state index >= 15 is 0 Å². The summed E-state index contributed by atoms with van der Waals surface area (Å²) in [5.41, 5.74) is 11.1. The van der Waals surface area contributed by atoms with Crippen LogP contribution in [0, 0.1) is 0 Å². The number of hydrogen-bond acceptors (Lipinski definition) is 3. The van der Waals surface area contributed by atoms with Gasteiger partial charge in [0.2, 0.25) is 0 Å². The van der Waals surface area contributed by atoms with Crippen molar-refractivity contribution in [3.63, 3.8) is 0 Å². The number of fused-ring (bicyclic) bond motifs is 1. The number of rotatable bonds is 5. The first-order valence-electron chi connectivity index (χ1n) is 7.06. The van der Waals surface area contributed by atoms with Gasteiger partial charge in [-0.2, -0.15) is 0 Å². The smallest absolute Gasteiger partial charge is 0.137 e. The number of pyridine rings is 1. The molecule has 0 radical (unpaired) electrons. The van der Waals surface area contributed by atoms with Gasteiger partial charge in [0.05, 0.1) is 12.3 Å². The van der Waals surface area contributed by atoms with Crippen molar-refractivity contribution >= 4 is 5.65 Å². The van der Waals surface area contributed by atoms with Crippen LogP contribution < -0.4 is 5.73 Å². The molecular weight excluding hydrogens is 262 g/mol. The molecule has 2 aromatic heterocycles. The number of imidazole rings is 1. The summed E-state index contributed by atoms with van der Waals surface area (Å²) >= 11 is 0. The van der Waals surface area contributed by atoms with E-state index in [1.807, 2.05) is 28.9 Å². The van der Waals surface area contributed by atoms with Gasteiger partial charge < -0.3 is 14.9 Å². The predicted octanol–water partition coefficient (Wildman–Crippen LogP) is 2.65. The molecule has 0 atom stereocenters. The van der Waals surface area contributed by atoms with Gasteiger partial charge in [0.1, 0.15) is 5.65 Å². The summed E-state index contributed by atoms with van der Waals surface area (Å²) in [4.78, 5) is 4.65. The maximum absolute atomic E-state index is 5.67. The predicted molar refractivity (Wildman–Crippen MR) is 84.1 cm³/mol. The lowest BCUT2D eigenvalue weighted by Gasteiger charge is -2.01. The zero-order valence-electron chi connectivity index (χ0n) is 12.1. The molecule has 108 valence electrons. The molecule has 2 heterocycles. The van der Waals surface area contributed by atoms with Crippen LogP contribution in [0.2, 0.25) is 0 Å². The van der Waals surface area contributed by atoms with Crippen molar-refractivity contribution in [1.29, 1.82) is 0 Å². The van der Waals surface area contributed by atoms with Crippen molar-refractivity contribution in [3.8, 4) is 11.3 Å². The SMILES string of the molecule is COCCc1ccc(-c2cn3cc(CN)ccc3n2)cc1. The van der Waals surface area contributed by atoms with E-state index in [1.165, 1.54) is 5.56 Å². The van der Waals surface area contributed by atoms with E-state index in [0.717, 1.165) is 35.5 Å². The number of benzene rings is 1. The van der Waals surface area contributed by atoms with Crippen LogP contribution in [-0.4, -0.2) is 23.1 Å². The zero-order chi connectivity index (χ0) is 14.7. The highest BCUT2D eigenvalue weighted by atomic mass is 16.5. The summed E-state index contributed by atoms with van der Waals surface area (Å²) < 4.78 is 7.12. The molecule has 2 N–H and O–H groups in total. The third kappa shape index (κ3) is 2.96. The Hall–Kier alpha value is -2.17. The van der Waals surface area contributed by atoms with E-state index in [4.69, 9.17) is 10.5 Å². The van der Waals surface area contributed by atoms with Crippen molar-refractivity contribution in [3.05, 3.63) is 59.9 Å². The lowest BCUT2D eigenvalue weighted by Crippen LogP contribution is -1.97. The zero-order valence-corrected chi connectivity index (χ0v) is 12.1. The van der Waals surface area contributed by atoms with Crippen molar-refractivity contribution in [1.82, 2.24) is 9.38 Å². The first kappa shape index (κ1) is 13.8. The second kappa shape index (κ2) is 6.08. The van der Waals surface area contributed by atoms with Crippen LogP contribution in [-0.2, 0) is 17.7 Å². The normalized spacial score (nSPS) is 11.1. The van der Waals surface area contributed by atoms with Gasteiger partial charge in [-0.1, -0.05) is 30.3 Å². The average Bonchev–Trinajstić information content (AvgIpc) is 2.96. The van der Waals surface area contributed by atoms with Gasteiger partial charge in [-0.15, -0.1) is 0 Å². The molecule has 0 saturated carbocycles. The van der Waals surface area contributed by atoms with Gasteiger partial charge in [0, 0.05) is 31.6 Å². The second-order valence-corrected chi connectivity index (χ2v) is 5.07. The van der Waals surface area contributed by atoms with Gasteiger partial charge >= 0.3 is 0 Å². The Morgan fingerprint density at radius 3 is 2.52 bits per heavy atom. The van der Waals surface area contributed by atoms with Gasteiger partial charge in [-0.05, 0) is 23.6 Å². The van der Waals surface area contributed by atoms with Crippen LogP contribution in [0.3, 0.4) is 0 Å². The minimum Gasteiger partial charge on any atom is -0.384 e. The Bertz CT molecular complexity index is 731. The number of methoxy groups -OCH3 is 1. The summed E-state index contributed by atoms with van der Waals surface area (Å²) in [5, 5.41) is 0. The molecule has 0 aliphatic heterocycles. The Morgan fingerprint density at radius 2 is 1.81 bits per heavy atom. The summed E-state index contributed by atoms with van der Waals surface area (Å²) in [6.45, 7) is 1.28. The Labute approximate surface area is 124 Å². The van der Waals surface area contributed by atoms with E-state index < -0.39 is 0 Å². The molecule has 0 unspecified atom stereocenters. The molecule has 0 aliphatic rings. The van der Waals surface area contributed by atoms with Gasteiger partial charge in [0.25, 0.3) is 0 Å². The molecule has 0 spiro atoms. The molecule has 3 rings (SSSR count). The minimum absolute atomic E-state index is 0.539. The Kier molecular flexibility index (Phi) is 3.99. The molecule has 0 aliphatic carbocycles. The maximum atomic E-state index is 5.67. The van der Waals surface area contributed by atoms with Crippen LogP contribution in [0.25, 0.3) is 16.9 Å². The fourth-order valence-electron chi connectivity index (χ4n) is 2.36. The highest BCUT2D eigenvalue weighted by molar-refractivity contribution is 5.63.